The van der Waals surface area contributed by atoms with E-state index >= 15 is 0 Å². The number of likely N-dealkylation sites (tertiary alicyclic amines) is 2. The number of carbonyl (C=O) groups excluding carboxylic acids is 1. The molecule has 0 aliphatic carbocycles. The minimum atomic E-state index is 0.201. The van der Waals surface area contributed by atoms with Crippen LogP contribution in [0.4, 0.5) is 0 Å². The summed E-state index contributed by atoms with van der Waals surface area (Å²) in [5, 5.41) is 0. The summed E-state index contributed by atoms with van der Waals surface area (Å²) in [5.41, 5.74) is 2.93. The largest absolute Gasteiger partial charge is 0.493 e. The first-order valence-corrected chi connectivity index (χ1v) is 9.41. The molecular weight excluding hydrogens is 316 g/mol. The zero-order chi connectivity index (χ0) is 17.3. The Morgan fingerprint density at radius 1 is 1.28 bits per heavy atom. The summed E-state index contributed by atoms with van der Waals surface area (Å²) in [7, 11) is 1.69. The van der Waals surface area contributed by atoms with Crippen LogP contribution in [0.2, 0.25) is 0 Å². The zero-order valence-electron chi connectivity index (χ0n) is 15.1. The molecule has 0 saturated carbocycles. The van der Waals surface area contributed by atoms with Gasteiger partial charge in [0.2, 0.25) is 5.91 Å². The molecule has 2 saturated heterocycles. The van der Waals surface area contributed by atoms with Gasteiger partial charge in [-0.25, -0.2) is 0 Å². The minimum Gasteiger partial charge on any atom is -0.493 e. The van der Waals surface area contributed by atoms with Gasteiger partial charge >= 0.3 is 0 Å². The summed E-state index contributed by atoms with van der Waals surface area (Å²) in [6, 6.07) is 6.62. The van der Waals surface area contributed by atoms with E-state index in [9.17, 15) is 4.79 Å². The van der Waals surface area contributed by atoms with Gasteiger partial charge in [-0.1, -0.05) is 12.1 Å². The number of fused-ring (bicyclic) bond motifs is 1. The van der Waals surface area contributed by atoms with Crippen LogP contribution in [-0.2, 0) is 22.5 Å². The molecule has 3 aliphatic heterocycles. The monoisotopic (exact) mass is 344 g/mol. The summed E-state index contributed by atoms with van der Waals surface area (Å²) < 4.78 is 10.7. The van der Waals surface area contributed by atoms with Gasteiger partial charge in [0, 0.05) is 39.6 Å². The number of nitrogens with zero attached hydrogens (tertiary/aromatic N) is 2. The molecule has 2 fully saturated rings. The normalized spacial score (nSPS) is 22.4. The van der Waals surface area contributed by atoms with Crippen LogP contribution in [0.25, 0.3) is 0 Å². The maximum atomic E-state index is 12.3. The number of methoxy groups -OCH3 is 1. The zero-order valence-corrected chi connectivity index (χ0v) is 15.1. The van der Waals surface area contributed by atoms with E-state index in [-0.39, 0.29) is 5.41 Å². The molecule has 136 valence electrons. The molecule has 5 nitrogen and oxygen atoms in total. The van der Waals surface area contributed by atoms with Gasteiger partial charge in [-0.15, -0.1) is 0 Å². The third-order valence-corrected chi connectivity index (χ3v) is 6.05. The Kier molecular flexibility index (Phi) is 4.69. The fourth-order valence-corrected chi connectivity index (χ4v) is 4.50. The van der Waals surface area contributed by atoms with Crippen molar-refractivity contribution >= 4 is 5.91 Å². The average Bonchev–Trinajstić information content (AvgIpc) is 3.19. The molecule has 4 rings (SSSR count). The van der Waals surface area contributed by atoms with E-state index in [1.54, 1.807) is 7.11 Å². The van der Waals surface area contributed by atoms with E-state index in [1.807, 2.05) is 4.90 Å². The predicted molar refractivity (Wildman–Crippen MR) is 95.7 cm³/mol. The van der Waals surface area contributed by atoms with Gasteiger partial charge in [0.15, 0.2) is 0 Å². The lowest BCUT2D eigenvalue weighted by molar-refractivity contribution is -0.128. The molecule has 1 amide bonds. The number of piperidine rings is 1. The quantitative estimate of drug-likeness (QED) is 0.820. The molecule has 0 aromatic heterocycles. The maximum absolute atomic E-state index is 12.3. The Bertz CT molecular complexity index is 638. The Morgan fingerprint density at radius 3 is 2.92 bits per heavy atom. The summed E-state index contributed by atoms with van der Waals surface area (Å²) in [6.07, 6.45) is 4.00. The van der Waals surface area contributed by atoms with Crippen molar-refractivity contribution < 1.29 is 14.3 Å². The smallest absolute Gasteiger partial charge is 0.223 e. The van der Waals surface area contributed by atoms with Crippen LogP contribution in [-0.4, -0.2) is 62.2 Å². The molecule has 0 unspecified atom stereocenters. The van der Waals surface area contributed by atoms with E-state index in [0.717, 1.165) is 70.8 Å². The molecule has 1 spiro atoms. The van der Waals surface area contributed by atoms with E-state index in [1.165, 1.54) is 11.1 Å². The Labute approximate surface area is 149 Å². The van der Waals surface area contributed by atoms with E-state index in [2.05, 4.69) is 23.1 Å². The summed E-state index contributed by atoms with van der Waals surface area (Å²) >= 11 is 0. The number of rotatable bonds is 5. The first-order chi connectivity index (χ1) is 12.2. The molecule has 1 aromatic rings. The highest BCUT2D eigenvalue weighted by atomic mass is 16.5. The molecule has 0 N–H and O–H groups in total. The lowest BCUT2D eigenvalue weighted by Gasteiger charge is -2.38. The van der Waals surface area contributed by atoms with Gasteiger partial charge in [-0.3, -0.25) is 9.69 Å². The van der Waals surface area contributed by atoms with Crippen molar-refractivity contribution in [1.29, 1.82) is 0 Å². The molecule has 25 heavy (non-hydrogen) atoms. The van der Waals surface area contributed by atoms with Crippen LogP contribution in [0, 0.1) is 5.41 Å². The molecule has 5 heteroatoms. The van der Waals surface area contributed by atoms with Crippen molar-refractivity contribution in [2.75, 3.05) is 46.5 Å². The standard InChI is InChI=1S/C20H28N2O3/c1-24-11-9-22-15-20(13-19(22)23)5-7-21(8-6-20)14-16-2-3-18-17(12-16)4-10-25-18/h2-3,12H,4-11,13-15H2,1H3. The Balaban J connectivity index is 1.32. The number of ether oxygens (including phenoxy) is 2. The van der Waals surface area contributed by atoms with Crippen molar-refractivity contribution in [3.05, 3.63) is 29.3 Å². The highest BCUT2D eigenvalue weighted by Gasteiger charge is 2.44. The van der Waals surface area contributed by atoms with Crippen LogP contribution in [0.15, 0.2) is 18.2 Å². The predicted octanol–water partition coefficient (Wildman–Crippen LogP) is 2.08. The first kappa shape index (κ1) is 16.9. The lowest BCUT2D eigenvalue weighted by Crippen LogP contribution is -2.41. The number of carbonyl (C=O) groups is 1. The van der Waals surface area contributed by atoms with Crippen molar-refractivity contribution in [1.82, 2.24) is 9.80 Å². The second-order valence-corrected chi connectivity index (χ2v) is 7.80. The van der Waals surface area contributed by atoms with E-state index in [4.69, 9.17) is 9.47 Å². The van der Waals surface area contributed by atoms with Crippen LogP contribution in [0.3, 0.4) is 0 Å². The van der Waals surface area contributed by atoms with Crippen molar-refractivity contribution in [2.45, 2.75) is 32.2 Å². The van der Waals surface area contributed by atoms with Gasteiger partial charge in [0.1, 0.15) is 5.75 Å². The van der Waals surface area contributed by atoms with Gasteiger partial charge in [-0.2, -0.15) is 0 Å². The number of hydrogen-bond acceptors (Lipinski definition) is 4. The third kappa shape index (κ3) is 3.53. The minimum absolute atomic E-state index is 0.201. The molecular formula is C20H28N2O3. The second-order valence-electron chi connectivity index (χ2n) is 7.80. The number of amides is 1. The van der Waals surface area contributed by atoms with Gasteiger partial charge in [-0.05, 0) is 48.5 Å². The van der Waals surface area contributed by atoms with Crippen molar-refractivity contribution in [2.24, 2.45) is 5.41 Å². The topological polar surface area (TPSA) is 42.0 Å². The fourth-order valence-electron chi connectivity index (χ4n) is 4.50. The van der Waals surface area contributed by atoms with Gasteiger partial charge < -0.3 is 14.4 Å². The van der Waals surface area contributed by atoms with Crippen molar-refractivity contribution in [3.8, 4) is 5.75 Å². The Hall–Kier alpha value is -1.59. The molecule has 0 bridgehead atoms. The van der Waals surface area contributed by atoms with E-state index in [0.29, 0.717) is 12.5 Å². The third-order valence-electron chi connectivity index (χ3n) is 6.05. The fraction of sp³-hybridized carbons (Fsp3) is 0.650. The summed E-state index contributed by atoms with van der Waals surface area (Å²) in [4.78, 5) is 16.8. The highest BCUT2D eigenvalue weighted by molar-refractivity contribution is 5.79. The second kappa shape index (κ2) is 6.96. The van der Waals surface area contributed by atoms with Gasteiger partial charge in [0.05, 0.1) is 13.2 Å². The summed E-state index contributed by atoms with van der Waals surface area (Å²) in [5.74, 6) is 1.37. The molecule has 0 radical (unpaired) electrons. The van der Waals surface area contributed by atoms with Crippen LogP contribution in [0.1, 0.15) is 30.4 Å². The maximum Gasteiger partial charge on any atom is 0.223 e. The molecule has 1 aromatic carbocycles. The number of hydrogen-bond donors (Lipinski definition) is 0. The number of benzene rings is 1. The van der Waals surface area contributed by atoms with Crippen LogP contribution >= 0.6 is 0 Å². The van der Waals surface area contributed by atoms with Gasteiger partial charge in [0.25, 0.3) is 0 Å². The Morgan fingerprint density at radius 2 is 2.12 bits per heavy atom. The van der Waals surface area contributed by atoms with Crippen LogP contribution in [0.5, 0.6) is 5.75 Å². The summed E-state index contributed by atoms with van der Waals surface area (Å²) in [6.45, 7) is 6.27. The first-order valence-electron chi connectivity index (χ1n) is 9.41. The van der Waals surface area contributed by atoms with Crippen LogP contribution < -0.4 is 4.74 Å². The molecule has 0 atom stereocenters. The lowest BCUT2D eigenvalue weighted by atomic mass is 9.77. The van der Waals surface area contributed by atoms with E-state index < -0.39 is 0 Å². The molecule has 3 heterocycles. The molecule has 3 aliphatic rings. The SMILES string of the molecule is COCCN1CC2(CCN(Cc3ccc4c(c3)CCO4)CC2)CC1=O. The average molecular weight is 344 g/mol. The van der Waals surface area contributed by atoms with Crippen molar-refractivity contribution in [3.63, 3.8) is 0 Å². The highest BCUT2D eigenvalue weighted by Crippen LogP contribution is 2.41.